The van der Waals surface area contributed by atoms with Crippen LogP contribution in [0.25, 0.3) is 0 Å². The van der Waals surface area contributed by atoms with E-state index in [2.05, 4.69) is 15.3 Å². The topological polar surface area (TPSA) is 118 Å². The lowest BCUT2D eigenvalue weighted by atomic mass is 9.92. The minimum absolute atomic E-state index is 0.0400. The molecule has 32 heavy (non-hydrogen) atoms. The molecule has 0 unspecified atom stereocenters. The Kier molecular flexibility index (Phi) is 7.28. The monoisotopic (exact) mass is 460 g/mol. The minimum atomic E-state index is -5.08. The third-order valence-corrected chi connectivity index (χ3v) is 4.99. The van der Waals surface area contributed by atoms with Crippen molar-refractivity contribution >= 4 is 17.8 Å². The largest absolute Gasteiger partial charge is 0.490 e. The number of hydrogen-bond donors (Lipinski definition) is 2. The normalized spacial score (nSPS) is 22.5. The van der Waals surface area contributed by atoms with Gasteiger partial charge in [0.1, 0.15) is 11.9 Å². The highest BCUT2D eigenvalue weighted by Gasteiger charge is 2.42. The summed E-state index contributed by atoms with van der Waals surface area (Å²) in [6, 6.07) is 3.60. The van der Waals surface area contributed by atoms with E-state index in [0.717, 1.165) is 25.4 Å². The Morgan fingerprint density at radius 3 is 2.56 bits per heavy atom. The molecule has 0 radical (unpaired) electrons. The van der Waals surface area contributed by atoms with E-state index in [9.17, 15) is 22.4 Å². The summed E-state index contributed by atoms with van der Waals surface area (Å²) < 4.78 is 55.9. The van der Waals surface area contributed by atoms with Crippen molar-refractivity contribution in [3.8, 4) is 0 Å². The van der Waals surface area contributed by atoms with Crippen LogP contribution < -0.4 is 10.2 Å². The van der Waals surface area contributed by atoms with E-state index in [1.165, 1.54) is 0 Å². The van der Waals surface area contributed by atoms with Gasteiger partial charge in [-0.2, -0.15) is 13.2 Å². The van der Waals surface area contributed by atoms with Crippen molar-refractivity contribution in [2.45, 2.75) is 37.8 Å². The minimum Gasteiger partial charge on any atom is -0.475 e. The van der Waals surface area contributed by atoms with E-state index in [0.29, 0.717) is 37.1 Å². The van der Waals surface area contributed by atoms with Gasteiger partial charge in [-0.05, 0) is 30.9 Å². The van der Waals surface area contributed by atoms with Crippen LogP contribution in [0.1, 0.15) is 18.6 Å². The molecular formula is C19H20F4N4O5. The summed E-state index contributed by atoms with van der Waals surface area (Å²) in [5.74, 6) is -1.78. The fourth-order valence-electron chi connectivity index (χ4n) is 3.45. The predicted molar refractivity (Wildman–Crippen MR) is 99.8 cm³/mol. The molecule has 2 aliphatic rings. The molecule has 0 saturated carbocycles. The number of rotatable bonds is 4. The van der Waals surface area contributed by atoms with Gasteiger partial charge in [-0.3, -0.25) is 4.79 Å². The van der Waals surface area contributed by atoms with Crippen molar-refractivity contribution < 1.29 is 41.4 Å². The number of nitrogens with one attached hydrogen (secondary N) is 1. The number of ether oxygens (including phenoxy) is 1. The smallest absolute Gasteiger partial charge is 0.475 e. The van der Waals surface area contributed by atoms with Crippen LogP contribution in [-0.2, 0) is 20.9 Å². The van der Waals surface area contributed by atoms with Gasteiger partial charge in [0.2, 0.25) is 11.9 Å². The van der Waals surface area contributed by atoms with Crippen LogP contribution in [0.15, 0.2) is 35.2 Å². The van der Waals surface area contributed by atoms with Crippen molar-refractivity contribution in [2.75, 3.05) is 18.0 Å². The van der Waals surface area contributed by atoms with Gasteiger partial charge in [-0.1, -0.05) is 0 Å². The Hall–Kier alpha value is -3.22. The molecule has 0 spiro atoms. The number of carboxylic acid groups (broad SMARTS) is 1. The number of piperidine rings is 1. The van der Waals surface area contributed by atoms with Crippen LogP contribution in [0.3, 0.4) is 0 Å². The highest BCUT2D eigenvalue weighted by atomic mass is 19.4. The fraction of sp³-hybridized carbons (Fsp3) is 0.474. The number of carbonyl (C=O) groups excluding carboxylic acids is 1. The van der Waals surface area contributed by atoms with Crippen LogP contribution in [0, 0.1) is 11.7 Å². The number of furan rings is 1. The number of halogens is 4. The van der Waals surface area contributed by atoms with Crippen molar-refractivity contribution in [2.24, 2.45) is 5.92 Å². The van der Waals surface area contributed by atoms with Crippen LogP contribution in [0.4, 0.5) is 23.5 Å². The third-order valence-electron chi connectivity index (χ3n) is 4.99. The molecule has 2 aromatic heterocycles. The zero-order valence-corrected chi connectivity index (χ0v) is 16.6. The van der Waals surface area contributed by atoms with E-state index in [1.54, 1.807) is 12.3 Å². The van der Waals surface area contributed by atoms with Crippen molar-refractivity contribution in [3.63, 3.8) is 0 Å². The van der Waals surface area contributed by atoms with Gasteiger partial charge in [-0.25, -0.2) is 19.2 Å². The van der Waals surface area contributed by atoms with Gasteiger partial charge < -0.3 is 24.5 Å². The van der Waals surface area contributed by atoms with Crippen LogP contribution >= 0.6 is 0 Å². The number of alkyl halides is 3. The van der Waals surface area contributed by atoms with E-state index in [-0.39, 0.29) is 12.0 Å². The first kappa shape index (κ1) is 23.4. The molecule has 174 valence electrons. The van der Waals surface area contributed by atoms with Gasteiger partial charge in [-0.15, -0.1) is 0 Å². The molecule has 2 fully saturated rings. The molecule has 3 atom stereocenters. The summed E-state index contributed by atoms with van der Waals surface area (Å²) in [4.78, 5) is 31.2. The lowest BCUT2D eigenvalue weighted by Crippen LogP contribution is -2.43. The SMILES string of the molecule is O=C(NCc1ccco1)[C@@H]1C[C@@H]2CCN(c3ncc(F)cn3)C[C@H]2O1.O=C(O)C(F)(F)F. The highest BCUT2D eigenvalue weighted by molar-refractivity contribution is 5.81. The quantitative estimate of drug-likeness (QED) is 0.667. The molecule has 2 aromatic rings. The molecule has 2 saturated heterocycles. The molecule has 0 aromatic carbocycles. The summed E-state index contributed by atoms with van der Waals surface area (Å²) in [7, 11) is 0. The predicted octanol–water partition coefficient (Wildman–Crippen LogP) is 2.14. The average Bonchev–Trinajstić information content (AvgIpc) is 3.41. The fourth-order valence-corrected chi connectivity index (χ4v) is 3.45. The Labute approximate surface area is 179 Å². The van der Waals surface area contributed by atoms with Crippen LogP contribution in [-0.4, -0.2) is 58.4 Å². The second-order valence-electron chi connectivity index (χ2n) is 7.20. The van der Waals surface area contributed by atoms with E-state index in [1.807, 2.05) is 11.0 Å². The maximum atomic E-state index is 13.0. The Morgan fingerprint density at radius 1 is 1.28 bits per heavy atom. The van der Waals surface area contributed by atoms with Crippen molar-refractivity contribution in [1.82, 2.24) is 15.3 Å². The first-order chi connectivity index (χ1) is 15.1. The number of anilines is 1. The number of aliphatic carboxylic acids is 1. The summed E-state index contributed by atoms with van der Waals surface area (Å²) in [6.07, 6.45) is -0.0568. The number of fused-ring (bicyclic) bond motifs is 1. The maximum absolute atomic E-state index is 13.0. The zero-order valence-electron chi connectivity index (χ0n) is 16.6. The second kappa shape index (κ2) is 9.94. The van der Waals surface area contributed by atoms with E-state index in [4.69, 9.17) is 19.1 Å². The van der Waals surface area contributed by atoms with E-state index < -0.39 is 24.1 Å². The maximum Gasteiger partial charge on any atom is 0.490 e. The number of carboxylic acids is 1. The second-order valence-corrected chi connectivity index (χ2v) is 7.20. The Balaban J connectivity index is 0.000000360. The molecule has 13 heteroatoms. The lowest BCUT2D eigenvalue weighted by Gasteiger charge is -2.33. The molecule has 1 amide bonds. The summed E-state index contributed by atoms with van der Waals surface area (Å²) in [6.45, 7) is 1.74. The van der Waals surface area contributed by atoms with Gasteiger partial charge in [0.25, 0.3) is 0 Å². The lowest BCUT2D eigenvalue weighted by molar-refractivity contribution is -0.192. The molecule has 0 aliphatic carbocycles. The Bertz CT molecular complexity index is 907. The zero-order chi connectivity index (χ0) is 23.3. The molecular weight excluding hydrogens is 440 g/mol. The molecule has 0 bridgehead atoms. The molecule has 2 aliphatic heterocycles. The van der Waals surface area contributed by atoms with Gasteiger partial charge >= 0.3 is 12.1 Å². The van der Waals surface area contributed by atoms with Gasteiger partial charge in [0.15, 0.2) is 5.82 Å². The number of aromatic nitrogens is 2. The summed E-state index contributed by atoms with van der Waals surface area (Å²) in [5, 5.41) is 9.97. The summed E-state index contributed by atoms with van der Waals surface area (Å²) in [5.41, 5.74) is 0. The first-order valence-corrected chi connectivity index (χ1v) is 9.61. The van der Waals surface area contributed by atoms with Crippen molar-refractivity contribution in [3.05, 3.63) is 42.4 Å². The van der Waals surface area contributed by atoms with Crippen LogP contribution in [0.2, 0.25) is 0 Å². The average molecular weight is 460 g/mol. The van der Waals surface area contributed by atoms with E-state index >= 15 is 0 Å². The first-order valence-electron chi connectivity index (χ1n) is 9.61. The number of nitrogens with zero attached hydrogens (tertiary/aromatic N) is 3. The molecule has 4 rings (SSSR count). The standard InChI is InChI=1S/C17H19FN4O3.C2HF3O2/c18-12-7-20-17(21-8-12)22-4-3-11-6-14(25-15(11)10-22)16(23)19-9-13-2-1-5-24-13;3-2(4,5)1(6)7/h1-2,5,7-8,11,14-15H,3-4,6,9-10H2,(H,19,23);(H,6,7)/t11-,14-,15+;/m0./s1. The molecule has 4 heterocycles. The van der Waals surface area contributed by atoms with Crippen molar-refractivity contribution in [1.29, 1.82) is 0 Å². The number of amides is 1. The molecule has 2 N–H and O–H groups in total. The van der Waals surface area contributed by atoms with Gasteiger partial charge in [0, 0.05) is 13.1 Å². The Morgan fingerprint density at radius 2 is 1.97 bits per heavy atom. The third kappa shape index (κ3) is 6.15. The van der Waals surface area contributed by atoms with Gasteiger partial charge in [0.05, 0.1) is 31.3 Å². The summed E-state index contributed by atoms with van der Waals surface area (Å²) >= 11 is 0. The number of hydrogen-bond acceptors (Lipinski definition) is 7. The van der Waals surface area contributed by atoms with Crippen LogP contribution in [0.5, 0.6) is 0 Å². The highest BCUT2D eigenvalue weighted by Crippen LogP contribution is 2.34. The molecule has 9 nitrogen and oxygen atoms in total. The number of carbonyl (C=O) groups is 2.